The zero-order valence-electron chi connectivity index (χ0n) is 10.3. The van der Waals surface area contributed by atoms with Crippen LogP contribution < -0.4 is 4.72 Å². The molecule has 0 amide bonds. The molecule has 0 saturated heterocycles. The third-order valence-electron chi connectivity index (χ3n) is 2.20. The molecule has 0 saturated carbocycles. The quantitative estimate of drug-likeness (QED) is 0.777. The molecular weight excluding hydrogens is 313 g/mol. The molecular formula is C10H12FNO6S2. The number of hydrogen-bond acceptors (Lipinski definition) is 5. The third kappa shape index (κ3) is 5.13. The first kappa shape index (κ1) is 16.4. The van der Waals surface area contributed by atoms with Crippen LogP contribution in [0.2, 0.25) is 0 Å². The summed E-state index contributed by atoms with van der Waals surface area (Å²) < 4.78 is 60.0. The number of nitrogens with one attached hydrogen (secondary N) is 1. The molecule has 1 aromatic carbocycles. The van der Waals surface area contributed by atoms with Crippen LogP contribution in [-0.4, -0.2) is 45.7 Å². The van der Waals surface area contributed by atoms with E-state index in [9.17, 15) is 26.0 Å². The highest BCUT2D eigenvalue weighted by Gasteiger charge is 2.18. The van der Waals surface area contributed by atoms with Crippen LogP contribution in [0, 0.1) is 5.82 Å². The fraction of sp³-hybridized carbons (Fsp3) is 0.300. The van der Waals surface area contributed by atoms with Crippen LogP contribution >= 0.6 is 0 Å². The van der Waals surface area contributed by atoms with E-state index in [1.807, 2.05) is 4.72 Å². The molecule has 0 atom stereocenters. The zero-order chi connectivity index (χ0) is 15.6. The molecule has 0 unspecified atom stereocenters. The summed E-state index contributed by atoms with van der Waals surface area (Å²) in [5.41, 5.74) is -0.889. The van der Waals surface area contributed by atoms with Gasteiger partial charge in [0.1, 0.15) is 15.7 Å². The van der Waals surface area contributed by atoms with Crippen molar-refractivity contribution in [3.63, 3.8) is 0 Å². The van der Waals surface area contributed by atoms with Gasteiger partial charge in [0.25, 0.3) is 0 Å². The van der Waals surface area contributed by atoms with Crippen LogP contribution in [0.1, 0.15) is 10.4 Å². The lowest BCUT2D eigenvalue weighted by atomic mass is 10.2. The van der Waals surface area contributed by atoms with Crippen molar-refractivity contribution in [1.29, 1.82) is 0 Å². The summed E-state index contributed by atoms with van der Waals surface area (Å²) in [7, 11) is -7.53. The van der Waals surface area contributed by atoms with Crippen molar-refractivity contribution in [2.75, 3.05) is 22.5 Å². The Bertz CT molecular complexity index is 726. The van der Waals surface area contributed by atoms with Crippen molar-refractivity contribution in [1.82, 2.24) is 0 Å². The van der Waals surface area contributed by atoms with E-state index in [0.29, 0.717) is 6.07 Å². The minimum atomic E-state index is -4.05. The van der Waals surface area contributed by atoms with Crippen molar-refractivity contribution < 1.29 is 31.1 Å². The van der Waals surface area contributed by atoms with Gasteiger partial charge in [-0.15, -0.1) is 0 Å². The van der Waals surface area contributed by atoms with Crippen LogP contribution in [0.25, 0.3) is 0 Å². The van der Waals surface area contributed by atoms with Crippen LogP contribution in [0.15, 0.2) is 18.2 Å². The number of benzene rings is 1. The predicted molar refractivity (Wildman–Crippen MR) is 70.5 cm³/mol. The first-order valence-electron chi connectivity index (χ1n) is 5.21. The van der Waals surface area contributed by atoms with Gasteiger partial charge in [0.05, 0.1) is 22.8 Å². The summed E-state index contributed by atoms with van der Waals surface area (Å²) in [6.07, 6.45) is 0.878. The maximum Gasteiger partial charge on any atom is 0.337 e. The fourth-order valence-electron chi connectivity index (χ4n) is 1.26. The average Bonchev–Trinajstić information content (AvgIpc) is 2.28. The normalized spacial score (nSPS) is 12.1. The highest BCUT2D eigenvalue weighted by Crippen LogP contribution is 2.18. The molecule has 0 aliphatic rings. The lowest BCUT2D eigenvalue weighted by molar-refractivity contribution is 0.0697. The van der Waals surface area contributed by atoms with E-state index in [2.05, 4.69) is 0 Å². The smallest absolute Gasteiger partial charge is 0.337 e. The molecule has 7 nitrogen and oxygen atoms in total. The van der Waals surface area contributed by atoms with E-state index in [1.165, 1.54) is 0 Å². The summed E-state index contributed by atoms with van der Waals surface area (Å²) in [6.45, 7) is 0. The standard InChI is InChI=1S/C10H12FNO6S2/c1-19(15,16)4-5-20(17,18)12-9-3-2-7(11)6-8(9)10(13)14/h2-3,6,12H,4-5H2,1H3,(H,13,14). The molecule has 112 valence electrons. The molecule has 2 N–H and O–H groups in total. The first-order valence-corrected chi connectivity index (χ1v) is 8.92. The molecule has 0 heterocycles. The maximum absolute atomic E-state index is 12.9. The van der Waals surface area contributed by atoms with Crippen molar-refractivity contribution in [2.45, 2.75) is 0 Å². The molecule has 1 aromatic rings. The van der Waals surface area contributed by atoms with Crippen LogP contribution in [0.4, 0.5) is 10.1 Å². The Balaban J connectivity index is 3.01. The minimum absolute atomic E-state index is 0.326. The minimum Gasteiger partial charge on any atom is -0.478 e. The number of rotatable bonds is 6. The van der Waals surface area contributed by atoms with Gasteiger partial charge in [-0.1, -0.05) is 0 Å². The number of halogens is 1. The van der Waals surface area contributed by atoms with Crippen LogP contribution in [-0.2, 0) is 19.9 Å². The summed E-state index contributed by atoms with van der Waals surface area (Å²) in [5.74, 6) is -3.67. The van der Waals surface area contributed by atoms with Gasteiger partial charge in [-0.25, -0.2) is 26.0 Å². The average molecular weight is 325 g/mol. The van der Waals surface area contributed by atoms with Crippen molar-refractivity contribution in [3.05, 3.63) is 29.6 Å². The summed E-state index contributed by atoms with van der Waals surface area (Å²) in [5, 5.41) is 8.85. The molecule has 1 rings (SSSR count). The number of anilines is 1. The number of sulfonamides is 1. The highest BCUT2D eigenvalue weighted by atomic mass is 32.2. The molecule has 20 heavy (non-hydrogen) atoms. The van der Waals surface area contributed by atoms with E-state index in [0.717, 1.165) is 18.4 Å². The molecule has 0 spiro atoms. The van der Waals surface area contributed by atoms with E-state index in [1.54, 1.807) is 0 Å². The molecule has 0 aliphatic carbocycles. The number of carboxylic acid groups (broad SMARTS) is 1. The van der Waals surface area contributed by atoms with Crippen molar-refractivity contribution >= 4 is 31.5 Å². The van der Waals surface area contributed by atoms with Crippen molar-refractivity contribution in [2.24, 2.45) is 0 Å². The first-order chi connectivity index (χ1) is 9.00. The number of carbonyl (C=O) groups is 1. The number of carboxylic acids is 1. The van der Waals surface area contributed by atoms with Crippen LogP contribution in [0.5, 0.6) is 0 Å². The van der Waals surface area contributed by atoms with E-state index in [4.69, 9.17) is 5.11 Å². The largest absolute Gasteiger partial charge is 0.478 e. The van der Waals surface area contributed by atoms with Gasteiger partial charge in [-0.2, -0.15) is 0 Å². The van der Waals surface area contributed by atoms with Gasteiger partial charge in [0, 0.05) is 6.26 Å². The lowest BCUT2D eigenvalue weighted by Gasteiger charge is -2.10. The van der Waals surface area contributed by atoms with Gasteiger partial charge >= 0.3 is 5.97 Å². The van der Waals surface area contributed by atoms with E-state index in [-0.39, 0.29) is 5.69 Å². The molecule has 0 radical (unpaired) electrons. The second kappa shape index (κ2) is 5.75. The maximum atomic E-state index is 12.9. The van der Waals surface area contributed by atoms with Crippen molar-refractivity contribution in [3.8, 4) is 0 Å². The highest BCUT2D eigenvalue weighted by molar-refractivity contribution is 7.95. The van der Waals surface area contributed by atoms with Gasteiger partial charge in [0.15, 0.2) is 0 Å². The van der Waals surface area contributed by atoms with E-state index >= 15 is 0 Å². The lowest BCUT2D eigenvalue weighted by Crippen LogP contribution is -2.23. The Kier molecular flexibility index (Phi) is 4.71. The Morgan fingerprint density at radius 3 is 2.35 bits per heavy atom. The number of sulfone groups is 1. The molecule has 0 aromatic heterocycles. The number of aromatic carboxylic acids is 1. The molecule has 10 heteroatoms. The Morgan fingerprint density at radius 1 is 1.25 bits per heavy atom. The second-order valence-electron chi connectivity index (χ2n) is 4.05. The van der Waals surface area contributed by atoms with Gasteiger partial charge in [0.2, 0.25) is 10.0 Å². The zero-order valence-corrected chi connectivity index (χ0v) is 12.0. The topological polar surface area (TPSA) is 118 Å². The SMILES string of the molecule is CS(=O)(=O)CCS(=O)(=O)Nc1ccc(F)cc1C(=O)O. The third-order valence-corrected chi connectivity index (χ3v) is 4.68. The Hall–Kier alpha value is -1.68. The van der Waals surface area contributed by atoms with Gasteiger partial charge in [-0.05, 0) is 18.2 Å². The summed E-state index contributed by atoms with van der Waals surface area (Å²) in [6, 6.07) is 2.51. The van der Waals surface area contributed by atoms with Gasteiger partial charge < -0.3 is 5.11 Å². The number of hydrogen-bond donors (Lipinski definition) is 2. The Morgan fingerprint density at radius 2 is 1.85 bits per heavy atom. The van der Waals surface area contributed by atoms with Gasteiger partial charge in [-0.3, -0.25) is 4.72 Å². The second-order valence-corrected chi connectivity index (χ2v) is 8.15. The predicted octanol–water partition coefficient (Wildman–Crippen LogP) is 0.310. The summed E-state index contributed by atoms with van der Waals surface area (Å²) in [4.78, 5) is 10.9. The molecule has 0 aliphatic heterocycles. The monoisotopic (exact) mass is 325 g/mol. The molecule has 0 bridgehead atoms. The fourth-order valence-corrected chi connectivity index (χ4v) is 3.97. The Labute approximate surface area is 115 Å². The molecule has 0 fully saturated rings. The van der Waals surface area contributed by atoms with Crippen LogP contribution in [0.3, 0.4) is 0 Å². The summed E-state index contributed by atoms with van der Waals surface area (Å²) >= 11 is 0. The van der Waals surface area contributed by atoms with E-state index < -0.39 is 48.7 Å².